The summed E-state index contributed by atoms with van der Waals surface area (Å²) >= 11 is 1.69. The molecule has 3 heteroatoms. The van der Waals surface area contributed by atoms with Gasteiger partial charge in [-0.05, 0) is 17.7 Å². The topological polar surface area (TPSA) is 44.0 Å². The maximum atomic E-state index is 8.84. The second-order valence-electron chi connectivity index (χ2n) is 3.12. The molecular weight excluding hydrogens is 194 g/mol. The van der Waals surface area contributed by atoms with Crippen LogP contribution in [0.15, 0.2) is 24.3 Å². The van der Waals surface area contributed by atoms with Crippen molar-refractivity contribution >= 4 is 11.8 Å². The van der Waals surface area contributed by atoms with E-state index in [9.17, 15) is 0 Å². The Labute approximate surface area is 88.6 Å². The number of nitrogens with zero attached hydrogens (tertiary/aromatic N) is 1. The van der Waals surface area contributed by atoms with Crippen LogP contribution in [0.1, 0.15) is 18.1 Å². The molecule has 1 atom stereocenters. The average molecular weight is 207 g/mol. The van der Waals surface area contributed by atoms with Gasteiger partial charge in [-0.3, -0.25) is 0 Å². The van der Waals surface area contributed by atoms with E-state index in [4.69, 9.17) is 10.4 Å². The molecule has 0 aliphatic carbocycles. The standard InChI is InChI=1S/C11H13NOS/c1-9(7-13)14-8-11-4-2-3-10(5-11)6-12/h2-5,9,13H,7-8H2,1H3. The lowest BCUT2D eigenvalue weighted by Crippen LogP contribution is -2.02. The van der Waals surface area contributed by atoms with Crippen LogP contribution in [0.2, 0.25) is 0 Å². The minimum Gasteiger partial charge on any atom is -0.395 e. The lowest BCUT2D eigenvalue weighted by molar-refractivity contribution is 0.300. The van der Waals surface area contributed by atoms with Crippen molar-refractivity contribution in [2.75, 3.05) is 6.61 Å². The van der Waals surface area contributed by atoms with Crippen LogP contribution in [0.5, 0.6) is 0 Å². The molecule has 0 aromatic heterocycles. The first-order valence-corrected chi connectivity index (χ1v) is 5.52. The Morgan fingerprint density at radius 2 is 2.36 bits per heavy atom. The van der Waals surface area contributed by atoms with E-state index in [2.05, 4.69) is 6.07 Å². The van der Waals surface area contributed by atoms with Crippen molar-refractivity contribution in [1.82, 2.24) is 0 Å². The highest BCUT2D eigenvalue weighted by molar-refractivity contribution is 7.99. The molecule has 0 amide bonds. The Kier molecular flexibility index (Phi) is 4.51. The molecule has 0 heterocycles. The summed E-state index contributed by atoms with van der Waals surface area (Å²) < 4.78 is 0. The van der Waals surface area contributed by atoms with Crippen molar-refractivity contribution in [3.05, 3.63) is 35.4 Å². The van der Waals surface area contributed by atoms with E-state index >= 15 is 0 Å². The largest absolute Gasteiger partial charge is 0.395 e. The molecule has 1 aromatic rings. The number of aliphatic hydroxyl groups is 1. The SMILES string of the molecule is CC(CO)SCc1cccc(C#N)c1. The van der Waals surface area contributed by atoms with E-state index in [1.165, 1.54) is 0 Å². The van der Waals surface area contributed by atoms with E-state index in [0.29, 0.717) is 5.56 Å². The van der Waals surface area contributed by atoms with Gasteiger partial charge in [-0.2, -0.15) is 17.0 Å². The first-order chi connectivity index (χ1) is 6.76. The van der Waals surface area contributed by atoms with E-state index < -0.39 is 0 Å². The monoisotopic (exact) mass is 207 g/mol. The molecule has 1 N–H and O–H groups in total. The lowest BCUT2D eigenvalue weighted by atomic mass is 10.2. The van der Waals surface area contributed by atoms with E-state index in [1.807, 2.05) is 25.1 Å². The second kappa shape index (κ2) is 5.69. The quantitative estimate of drug-likeness (QED) is 0.823. The van der Waals surface area contributed by atoms with Crippen LogP contribution in [-0.4, -0.2) is 17.0 Å². The number of thioether (sulfide) groups is 1. The third-order valence-electron chi connectivity index (χ3n) is 1.85. The molecule has 2 nitrogen and oxygen atoms in total. The molecular formula is C11H13NOS. The molecule has 0 aliphatic heterocycles. The van der Waals surface area contributed by atoms with E-state index in [1.54, 1.807) is 17.8 Å². The lowest BCUT2D eigenvalue weighted by Gasteiger charge is -2.07. The highest BCUT2D eigenvalue weighted by Crippen LogP contribution is 2.17. The van der Waals surface area contributed by atoms with Crippen LogP contribution >= 0.6 is 11.8 Å². The first kappa shape index (κ1) is 11.1. The molecule has 0 saturated heterocycles. The maximum absolute atomic E-state index is 8.84. The Bertz CT molecular complexity index is 332. The molecule has 1 rings (SSSR count). The van der Waals surface area contributed by atoms with Crippen molar-refractivity contribution in [2.24, 2.45) is 0 Å². The van der Waals surface area contributed by atoms with E-state index in [0.717, 1.165) is 11.3 Å². The van der Waals surface area contributed by atoms with Gasteiger partial charge >= 0.3 is 0 Å². The van der Waals surface area contributed by atoms with Gasteiger partial charge in [0, 0.05) is 11.0 Å². The maximum Gasteiger partial charge on any atom is 0.0991 e. The highest BCUT2D eigenvalue weighted by atomic mass is 32.2. The summed E-state index contributed by atoms with van der Waals surface area (Å²) in [6, 6.07) is 9.68. The summed E-state index contributed by atoms with van der Waals surface area (Å²) in [5.41, 5.74) is 1.83. The van der Waals surface area contributed by atoms with Crippen molar-refractivity contribution in [3.63, 3.8) is 0 Å². The zero-order valence-corrected chi connectivity index (χ0v) is 8.92. The van der Waals surface area contributed by atoms with Gasteiger partial charge in [0.15, 0.2) is 0 Å². The van der Waals surface area contributed by atoms with Gasteiger partial charge in [-0.1, -0.05) is 19.1 Å². The van der Waals surface area contributed by atoms with Crippen molar-refractivity contribution in [1.29, 1.82) is 5.26 Å². The Balaban J connectivity index is 2.55. The van der Waals surface area contributed by atoms with Crippen LogP contribution in [0.3, 0.4) is 0 Å². The zero-order valence-electron chi connectivity index (χ0n) is 8.10. The fourth-order valence-electron chi connectivity index (χ4n) is 1.02. The van der Waals surface area contributed by atoms with Crippen LogP contribution in [0.25, 0.3) is 0 Å². The minimum atomic E-state index is 0.197. The third kappa shape index (κ3) is 3.41. The number of nitriles is 1. The highest BCUT2D eigenvalue weighted by Gasteiger charge is 2.01. The molecule has 0 radical (unpaired) electrons. The summed E-state index contributed by atoms with van der Waals surface area (Å²) in [6.45, 7) is 2.18. The summed E-state index contributed by atoms with van der Waals surface area (Å²) in [7, 11) is 0. The van der Waals surface area contributed by atoms with Gasteiger partial charge in [-0.25, -0.2) is 0 Å². The number of rotatable bonds is 4. The van der Waals surface area contributed by atoms with Crippen LogP contribution in [0.4, 0.5) is 0 Å². The van der Waals surface area contributed by atoms with Gasteiger partial charge in [-0.15, -0.1) is 0 Å². The van der Waals surface area contributed by atoms with Gasteiger partial charge < -0.3 is 5.11 Å². The van der Waals surface area contributed by atoms with Gasteiger partial charge in [0.05, 0.1) is 18.2 Å². The van der Waals surface area contributed by atoms with Gasteiger partial charge in [0.1, 0.15) is 0 Å². The molecule has 14 heavy (non-hydrogen) atoms. The average Bonchev–Trinajstić information content (AvgIpc) is 2.26. The smallest absolute Gasteiger partial charge is 0.0991 e. The predicted octanol–water partition coefficient (Wildman–Crippen LogP) is 2.17. The van der Waals surface area contributed by atoms with Crippen LogP contribution in [0, 0.1) is 11.3 Å². The molecule has 0 saturated carbocycles. The minimum absolute atomic E-state index is 0.197. The number of benzene rings is 1. The molecule has 1 aromatic carbocycles. The van der Waals surface area contributed by atoms with E-state index in [-0.39, 0.29) is 11.9 Å². The zero-order chi connectivity index (χ0) is 10.4. The van der Waals surface area contributed by atoms with Crippen molar-refractivity contribution in [2.45, 2.75) is 17.9 Å². The molecule has 0 fully saturated rings. The van der Waals surface area contributed by atoms with Gasteiger partial charge in [0.2, 0.25) is 0 Å². The molecule has 0 bridgehead atoms. The fraction of sp³-hybridized carbons (Fsp3) is 0.364. The third-order valence-corrected chi connectivity index (χ3v) is 3.07. The number of aliphatic hydroxyl groups excluding tert-OH is 1. The summed E-state index contributed by atoms with van der Waals surface area (Å²) in [5.74, 6) is 0.844. The summed E-state index contributed by atoms with van der Waals surface area (Å²) in [5, 5.41) is 17.8. The number of hydrogen-bond donors (Lipinski definition) is 1. The second-order valence-corrected chi connectivity index (χ2v) is 4.54. The fourth-order valence-corrected chi connectivity index (χ4v) is 1.78. The Morgan fingerprint density at radius 3 is 3.00 bits per heavy atom. The molecule has 74 valence electrons. The molecule has 0 aliphatic rings. The Morgan fingerprint density at radius 1 is 1.57 bits per heavy atom. The summed E-state index contributed by atoms with van der Waals surface area (Å²) in [4.78, 5) is 0. The normalized spacial score (nSPS) is 12.1. The van der Waals surface area contributed by atoms with Crippen molar-refractivity contribution in [3.8, 4) is 6.07 Å². The number of hydrogen-bond acceptors (Lipinski definition) is 3. The molecule has 1 unspecified atom stereocenters. The van der Waals surface area contributed by atoms with Crippen LogP contribution in [-0.2, 0) is 5.75 Å². The summed E-state index contributed by atoms with van der Waals surface area (Å²) in [6.07, 6.45) is 0. The van der Waals surface area contributed by atoms with Crippen LogP contribution < -0.4 is 0 Å². The van der Waals surface area contributed by atoms with Crippen molar-refractivity contribution < 1.29 is 5.11 Å². The predicted molar refractivity (Wildman–Crippen MR) is 59.0 cm³/mol. The Hall–Kier alpha value is -0.980. The van der Waals surface area contributed by atoms with Gasteiger partial charge in [0.25, 0.3) is 0 Å². The first-order valence-electron chi connectivity index (χ1n) is 4.47. The molecule has 0 spiro atoms.